The Morgan fingerprint density at radius 2 is 1.52 bits per heavy atom. The average Bonchev–Trinajstić information content (AvgIpc) is 2.67. The summed E-state index contributed by atoms with van der Waals surface area (Å²) >= 11 is 0. The van der Waals surface area contributed by atoms with Crippen molar-refractivity contribution in [3.05, 3.63) is 77.4 Å². The molecule has 0 spiro atoms. The fraction of sp³-hybridized carbons (Fsp3) is 0.136. The number of hydrogen-bond acceptors (Lipinski definition) is 4. The molecule has 150 valence electrons. The van der Waals surface area contributed by atoms with Crippen LogP contribution in [-0.2, 0) is 9.84 Å². The molecule has 2 amide bonds. The summed E-state index contributed by atoms with van der Waals surface area (Å²) in [6.45, 7) is 5.02. The van der Waals surface area contributed by atoms with Gasteiger partial charge in [0.25, 0.3) is 0 Å². The molecule has 29 heavy (non-hydrogen) atoms. The van der Waals surface area contributed by atoms with E-state index in [2.05, 4.69) is 10.6 Å². The minimum absolute atomic E-state index is 0.0842. The predicted molar refractivity (Wildman–Crippen MR) is 113 cm³/mol. The molecular formula is C22H22N2O4S. The summed E-state index contributed by atoms with van der Waals surface area (Å²) in [5.74, 6) is -0.121. The summed E-state index contributed by atoms with van der Waals surface area (Å²) in [5.41, 5.74) is 2.24. The number of anilines is 2. The lowest BCUT2D eigenvalue weighted by atomic mass is 10.1. The highest BCUT2D eigenvalue weighted by Gasteiger charge is 2.27. The second-order valence-corrected chi connectivity index (χ2v) is 8.69. The van der Waals surface area contributed by atoms with Crippen molar-refractivity contribution in [1.82, 2.24) is 0 Å². The van der Waals surface area contributed by atoms with Crippen LogP contribution >= 0.6 is 0 Å². The average molecular weight is 410 g/mol. The van der Waals surface area contributed by atoms with Crippen molar-refractivity contribution in [2.45, 2.75) is 30.6 Å². The monoisotopic (exact) mass is 410 g/mol. The summed E-state index contributed by atoms with van der Waals surface area (Å²) in [6, 6.07) is 16.1. The number of aromatic hydroxyl groups is 1. The summed E-state index contributed by atoms with van der Waals surface area (Å²) in [5, 5.41) is 15.6. The molecule has 0 heterocycles. The normalized spacial score (nSPS) is 11.1. The molecule has 0 aliphatic heterocycles. The van der Waals surface area contributed by atoms with Gasteiger partial charge >= 0.3 is 6.03 Å². The first-order valence-corrected chi connectivity index (χ1v) is 10.5. The number of phenols is 1. The third-order valence-corrected chi connectivity index (χ3v) is 6.51. The molecule has 3 aromatic rings. The topological polar surface area (TPSA) is 95.5 Å². The van der Waals surface area contributed by atoms with Gasteiger partial charge in [-0.05, 0) is 56.7 Å². The van der Waals surface area contributed by atoms with E-state index in [1.54, 1.807) is 43.3 Å². The number of phenolic OH excluding ortho intramolecular Hbond substituents is 1. The molecule has 0 aliphatic rings. The number of hydrogen-bond donors (Lipinski definition) is 3. The second-order valence-electron chi connectivity index (χ2n) is 6.81. The highest BCUT2D eigenvalue weighted by molar-refractivity contribution is 7.91. The molecule has 0 saturated carbocycles. The SMILES string of the molecule is Cc1ccc(S(=O)(=O)c2c(NC(=O)Nc3ccccc3)cc(C)c(O)c2C)cc1. The maximum Gasteiger partial charge on any atom is 0.323 e. The quantitative estimate of drug-likeness (QED) is 0.539. The van der Waals surface area contributed by atoms with Crippen molar-refractivity contribution in [2.24, 2.45) is 0 Å². The Bertz CT molecular complexity index is 1160. The smallest absolute Gasteiger partial charge is 0.323 e. The number of nitrogens with one attached hydrogen (secondary N) is 2. The first-order valence-electron chi connectivity index (χ1n) is 8.98. The number of urea groups is 1. The van der Waals surface area contributed by atoms with Gasteiger partial charge in [-0.3, -0.25) is 0 Å². The maximum absolute atomic E-state index is 13.3. The van der Waals surface area contributed by atoms with Gasteiger partial charge in [0.15, 0.2) is 0 Å². The molecule has 3 rings (SSSR count). The first-order chi connectivity index (χ1) is 13.7. The van der Waals surface area contributed by atoms with Crippen molar-refractivity contribution in [3.8, 4) is 5.75 Å². The van der Waals surface area contributed by atoms with E-state index in [0.29, 0.717) is 11.3 Å². The van der Waals surface area contributed by atoms with Crippen LogP contribution in [0, 0.1) is 20.8 Å². The van der Waals surface area contributed by atoms with Gasteiger partial charge in [-0.25, -0.2) is 13.2 Å². The van der Waals surface area contributed by atoms with Crippen LogP contribution in [0.3, 0.4) is 0 Å². The number of para-hydroxylation sites is 1. The molecule has 0 aromatic heterocycles. The molecule has 0 radical (unpaired) electrons. The van der Waals surface area contributed by atoms with Crippen molar-refractivity contribution >= 4 is 27.2 Å². The molecule has 0 fully saturated rings. The Morgan fingerprint density at radius 3 is 2.14 bits per heavy atom. The number of sulfone groups is 1. The highest BCUT2D eigenvalue weighted by atomic mass is 32.2. The molecule has 0 atom stereocenters. The van der Waals surface area contributed by atoms with Crippen LogP contribution in [0.5, 0.6) is 5.75 Å². The lowest BCUT2D eigenvalue weighted by molar-refractivity contribution is 0.262. The molecule has 0 bridgehead atoms. The Morgan fingerprint density at radius 1 is 0.897 bits per heavy atom. The number of amides is 2. The largest absolute Gasteiger partial charge is 0.507 e. The van der Waals surface area contributed by atoms with E-state index in [4.69, 9.17) is 0 Å². The molecule has 3 aromatic carbocycles. The van der Waals surface area contributed by atoms with E-state index < -0.39 is 15.9 Å². The van der Waals surface area contributed by atoms with Crippen LogP contribution in [-0.4, -0.2) is 19.6 Å². The first kappa shape index (κ1) is 20.4. The Kier molecular flexibility index (Phi) is 5.61. The lowest BCUT2D eigenvalue weighted by Gasteiger charge is -2.17. The van der Waals surface area contributed by atoms with Gasteiger partial charge in [0.1, 0.15) is 10.6 Å². The Hall–Kier alpha value is -3.32. The van der Waals surface area contributed by atoms with Gasteiger partial charge in [0.2, 0.25) is 9.84 Å². The predicted octanol–water partition coefficient (Wildman–Crippen LogP) is 4.79. The van der Waals surface area contributed by atoms with Crippen molar-refractivity contribution in [3.63, 3.8) is 0 Å². The summed E-state index contributed by atoms with van der Waals surface area (Å²) in [7, 11) is -3.98. The van der Waals surface area contributed by atoms with Gasteiger partial charge in [-0.2, -0.15) is 0 Å². The zero-order valence-electron chi connectivity index (χ0n) is 16.4. The molecule has 0 unspecified atom stereocenters. The summed E-state index contributed by atoms with van der Waals surface area (Å²) in [6.07, 6.45) is 0. The Balaban J connectivity index is 2.06. The number of carbonyl (C=O) groups is 1. The molecule has 0 aliphatic carbocycles. The summed E-state index contributed by atoms with van der Waals surface area (Å²) < 4.78 is 26.6. The van der Waals surface area contributed by atoms with E-state index in [1.165, 1.54) is 25.1 Å². The minimum atomic E-state index is -3.98. The van der Waals surface area contributed by atoms with Crippen molar-refractivity contribution < 1.29 is 18.3 Å². The van der Waals surface area contributed by atoms with Crippen molar-refractivity contribution in [2.75, 3.05) is 10.6 Å². The van der Waals surface area contributed by atoms with E-state index in [0.717, 1.165) is 5.56 Å². The van der Waals surface area contributed by atoms with E-state index in [9.17, 15) is 18.3 Å². The number of rotatable bonds is 4. The van der Waals surface area contributed by atoms with Crippen LogP contribution in [0.4, 0.5) is 16.2 Å². The zero-order chi connectivity index (χ0) is 21.2. The zero-order valence-corrected chi connectivity index (χ0v) is 17.2. The minimum Gasteiger partial charge on any atom is -0.507 e. The standard InChI is InChI=1S/C22H22N2O4S/c1-14-9-11-18(12-10-14)29(27,28)21-16(3)20(25)15(2)13-19(21)24-22(26)23-17-7-5-4-6-8-17/h4-13,25H,1-3H3,(H2,23,24,26). The number of benzene rings is 3. The fourth-order valence-corrected chi connectivity index (χ4v) is 4.67. The van der Waals surface area contributed by atoms with Crippen LogP contribution in [0.15, 0.2) is 70.5 Å². The van der Waals surface area contributed by atoms with Crippen LogP contribution in [0.1, 0.15) is 16.7 Å². The molecule has 0 saturated heterocycles. The lowest BCUT2D eigenvalue weighted by Crippen LogP contribution is -2.21. The third kappa shape index (κ3) is 4.25. The van der Waals surface area contributed by atoms with Gasteiger partial charge < -0.3 is 15.7 Å². The van der Waals surface area contributed by atoms with Crippen LogP contribution in [0.2, 0.25) is 0 Å². The van der Waals surface area contributed by atoms with E-state index >= 15 is 0 Å². The van der Waals surface area contributed by atoms with Crippen LogP contribution in [0.25, 0.3) is 0 Å². The second kappa shape index (κ2) is 7.97. The van der Waals surface area contributed by atoms with Gasteiger partial charge in [-0.1, -0.05) is 35.9 Å². The maximum atomic E-state index is 13.3. The van der Waals surface area contributed by atoms with E-state index in [1.807, 2.05) is 13.0 Å². The van der Waals surface area contributed by atoms with Crippen molar-refractivity contribution in [1.29, 1.82) is 0 Å². The summed E-state index contributed by atoms with van der Waals surface area (Å²) in [4.78, 5) is 12.4. The van der Waals surface area contributed by atoms with Crippen LogP contribution < -0.4 is 10.6 Å². The Labute approximate surface area is 170 Å². The number of aryl methyl sites for hydroxylation is 2. The molecular weight excluding hydrogens is 388 g/mol. The molecule has 3 N–H and O–H groups in total. The molecule has 7 heteroatoms. The van der Waals surface area contributed by atoms with Gasteiger partial charge in [0.05, 0.1) is 10.6 Å². The number of carbonyl (C=O) groups excluding carboxylic acids is 1. The van der Waals surface area contributed by atoms with E-state index in [-0.39, 0.29) is 26.8 Å². The third-order valence-electron chi connectivity index (χ3n) is 4.55. The van der Waals surface area contributed by atoms with Gasteiger partial charge in [-0.15, -0.1) is 0 Å². The highest BCUT2D eigenvalue weighted by Crippen LogP contribution is 2.37. The molecule has 6 nitrogen and oxygen atoms in total. The van der Waals surface area contributed by atoms with Gasteiger partial charge in [0, 0.05) is 11.3 Å². The fourth-order valence-electron chi connectivity index (χ4n) is 3.04.